The van der Waals surface area contributed by atoms with Crippen molar-refractivity contribution in [3.63, 3.8) is 0 Å². The molecule has 0 aliphatic carbocycles. The quantitative estimate of drug-likeness (QED) is 0.625. The smallest absolute Gasteiger partial charge is 0.0445 e. The number of aliphatic hydroxyl groups is 1. The minimum absolute atomic E-state index is 0.288. The van der Waals surface area contributed by atoms with Crippen LogP contribution in [0.1, 0.15) is 12.8 Å². The lowest BCUT2D eigenvalue weighted by atomic mass is 10.1. The maximum absolute atomic E-state index is 8.81. The van der Waals surface area contributed by atoms with Gasteiger partial charge < -0.3 is 14.9 Å². The summed E-state index contributed by atoms with van der Waals surface area (Å²) in [5.74, 6) is 0. The van der Waals surface area contributed by atoms with Crippen LogP contribution in [0.3, 0.4) is 0 Å². The van der Waals surface area contributed by atoms with Crippen molar-refractivity contribution in [2.75, 3.05) is 41.3 Å². The molecule has 3 heteroatoms. The van der Waals surface area contributed by atoms with E-state index >= 15 is 0 Å². The van der Waals surface area contributed by atoms with Crippen LogP contribution in [-0.2, 0) is 0 Å². The second-order valence-electron chi connectivity index (χ2n) is 3.72. The maximum atomic E-state index is 8.81. The Labute approximate surface area is 76.0 Å². The van der Waals surface area contributed by atoms with Crippen LogP contribution < -0.4 is 0 Å². The number of hydrogen-bond acceptors (Lipinski definition) is 3. The van der Waals surface area contributed by atoms with Crippen LogP contribution in [0.2, 0.25) is 0 Å². The lowest BCUT2D eigenvalue weighted by Crippen LogP contribution is -2.32. The van der Waals surface area contributed by atoms with Crippen molar-refractivity contribution in [3.8, 4) is 0 Å². The zero-order valence-electron chi connectivity index (χ0n) is 8.75. The van der Waals surface area contributed by atoms with Gasteiger partial charge in [-0.1, -0.05) is 0 Å². The van der Waals surface area contributed by atoms with Gasteiger partial charge in [0.1, 0.15) is 0 Å². The molecule has 0 radical (unpaired) electrons. The summed E-state index contributed by atoms with van der Waals surface area (Å²) in [6.45, 7) is 1.37. The first kappa shape index (κ1) is 11.9. The Morgan fingerprint density at radius 1 is 1.08 bits per heavy atom. The van der Waals surface area contributed by atoms with Gasteiger partial charge in [-0.3, -0.25) is 0 Å². The lowest BCUT2D eigenvalue weighted by molar-refractivity contribution is 0.190. The van der Waals surface area contributed by atoms with E-state index < -0.39 is 0 Å². The largest absolute Gasteiger partial charge is 0.396 e. The topological polar surface area (TPSA) is 26.7 Å². The fourth-order valence-corrected chi connectivity index (χ4v) is 1.22. The normalized spacial score (nSPS) is 14.2. The second-order valence-corrected chi connectivity index (χ2v) is 3.72. The Kier molecular flexibility index (Phi) is 6.34. The van der Waals surface area contributed by atoms with E-state index in [2.05, 4.69) is 38.0 Å². The summed E-state index contributed by atoms with van der Waals surface area (Å²) in [6.07, 6.45) is 2.00. The number of aliphatic hydroxyl groups excluding tert-OH is 1. The van der Waals surface area contributed by atoms with Crippen LogP contribution >= 0.6 is 0 Å². The minimum Gasteiger partial charge on any atom is -0.396 e. The highest BCUT2D eigenvalue weighted by molar-refractivity contribution is 4.66. The highest BCUT2D eigenvalue weighted by Gasteiger charge is 2.10. The van der Waals surface area contributed by atoms with Gasteiger partial charge in [0.2, 0.25) is 0 Å². The van der Waals surface area contributed by atoms with Gasteiger partial charge in [-0.25, -0.2) is 0 Å². The molecule has 0 bridgehead atoms. The van der Waals surface area contributed by atoms with Crippen molar-refractivity contribution >= 4 is 0 Å². The Morgan fingerprint density at radius 2 is 1.67 bits per heavy atom. The van der Waals surface area contributed by atoms with Crippen LogP contribution in [0, 0.1) is 0 Å². The van der Waals surface area contributed by atoms with Crippen molar-refractivity contribution < 1.29 is 5.11 Å². The first-order valence-electron chi connectivity index (χ1n) is 4.50. The summed E-state index contributed by atoms with van der Waals surface area (Å²) >= 11 is 0. The SMILES string of the molecule is CN(C)CCC(CCO)N(C)C. The van der Waals surface area contributed by atoms with E-state index in [-0.39, 0.29) is 6.61 Å². The molecule has 0 aromatic heterocycles. The second kappa shape index (κ2) is 6.40. The van der Waals surface area contributed by atoms with Gasteiger partial charge in [-0.05, 0) is 47.6 Å². The third-order valence-electron chi connectivity index (χ3n) is 2.10. The van der Waals surface area contributed by atoms with Crippen molar-refractivity contribution in [3.05, 3.63) is 0 Å². The zero-order valence-corrected chi connectivity index (χ0v) is 8.75. The number of rotatable bonds is 6. The first-order valence-corrected chi connectivity index (χ1v) is 4.50. The van der Waals surface area contributed by atoms with E-state index in [0.29, 0.717) is 6.04 Å². The molecule has 0 aliphatic rings. The summed E-state index contributed by atoms with van der Waals surface area (Å²) in [5, 5.41) is 8.81. The molecular formula is C9H22N2O. The third-order valence-corrected chi connectivity index (χ3v) is 2.10. The van der Waals surface area contributed by atoms with Crippen LogP contribution in [0.4, 0.5) is 0 Å². The van der Waals surface area contributed by atoms with E-state index in [0.717, 1.165) is 19.4 Å². The van der Waals surface area contributed by atoms with E-state index in [9.17, 15) is 0 Å². The fourth-order valence-electron chi connectivity index (χ4n) is 1.22. The van der Waals surface area contributed by atoms with Crippen molar-refractivity contribution in [2.24, 2.45) is 0 Å². The van der Waals surface area contributed by atoms with Gasteiger partial charge in [0.05, 0.1) is 0 Å². The summed E-state index contributed by atoms with van der Waals surface area (Å²) < 4.78 is 0. The van der Waals surface area contributed by atoms with E-state index in [1.54, 1.807) is 0 Å². The lowest BCUT2D eigenvalue weighted by Gasteiger charge is -2.24. The monoisotopic (exact) mass is 174 g/mol. The molecule has 1 N–H and O–H groups in total. The molecule has 1 unspecified atom stereocenters. The molecule has 0 fully saturated rings. The predicted octanol–water partition coefficient (Wildman–Crippen LogP) is 0.251. The standard InChI is InChI=1S/C9H22N2O/c1-10(2)7-5-9(6-8-12)11(3)4/h9,12H,5-8H2,1-4H3. The van der Waals surface area contributed by atoms with Gasteiger partial charge in [0, 0.05) is 12.6 Å². The first-order chi connectivity index (χ1) is 5.57. The minimum atomic E-state index is 0.288. The van der Waals surface area contributed by atoms with Gasteiger partial charge in [0.25, 0.3) is 0 Å². The van der Waals surface area contributed by atoms with Gasteiger partial charge in [0.15, 0.2) is 0 Å². The summed E-state index contributed by atoms with van der Waals surface area (Å²) in [7, 11) is 8.28. The fraction of sp³-hybridized carbons (Fsp3) is 1.00. The molecule has 0 aromatic carbocycles. The Morgan fingerprint density at radius 3 is 2.00 bits per heavy atom. The molecule has 74 valence electrons. The molecule has 0 spiro atoms. The van der Waals surface area contributed by atoms with Crippen molar-refractivity contribution in [1.82, 2.24) is 9.80 Å². The molecule has 12 heavy (non-hydrogen) atoms. The highest BCUT2D eigenvalue weighted by atomic mass is 16.3. The summed E-state index contributed by atoms with van der Waals surface area (Å²) in [5.41, 5.74) is 0. The number of hydrogen-bond donors (Lipinski definition) is 1. The molecule has 0 aliphatic heterocycles. The third kappa shape index (κ3) is 5.52. The average molecular weight is 174 g/mol. The molecule has 1 atom stereocenters. The van der Waals surface area contributed by atoms with Gasteiger partial charge in [-0.2, -0.15) is 0 Å². The molecule has 3 nitrogen and oxygen atoms in total. The van der Waals surface area contributed by atoms with Crippen molar-refractivity contribution in [1.29, 1.82) is 0 Å². The molecule has 0 rings (SSSR count). The van der Waals surface area contributed by atoms with Crippen LogP contribution in [0.25, 0.3) is 0 Å². The average Bonchev–Trinajstić information content (AvgIpc) is 1.96. The molecule has 0 saturated heterocycles. The highest BCUT2D eigenvalue weighted by Crippen LogP contribution is 2.04. The molecule has 0 amide bonds. The van der Waals surface area contributed by atoms with Gasteiger partial charge in [-0.15, -0.1) is 0 Å². The summed E-state index contributed by atoms with van der Waals surface area (Å²) in [6, 6.07) is 0.511. The number of nitrogens with zero attached hydrogens (tertiary/aromatic N) is 2. The Bertz CT molecular complexity index is 105. The van der Waals surface area contributed by atoms with Gasteiger partial charge >= 0.3 is 0 Å². The maximum Gasteiger partial charge on any atom is 0.0445 e. The predicted molar refractivity (Wildman–Crippen MR) is 52.3 cm³/mol. The molecule has 0 aromatic rings. The summed E-state index contributed by atoms with van der Waals surface area (Å²) in [4.78, 5) is 4.35. The molecule has 0 saturated carbocycles. The molecule has 0 heterocycles. The Balaban J connectivity index is 3.63. The van der Waals surface area contributed by atoms with Crippen molar-refractivity contribution in [2.45, 2.75) is 18.9 Å². The van der Waals surface area contributed by atoms with Crippen LogP contribution in [0.5, 0.6) is 0 Å². The van der Waals surface area contributed by atoms with E-state index in [4.69, 9.17) is 5.11 Å². The zero-order chi connectivity index (χ0) is 9.56. The van der Waals surface area contributed by atoms with E-state index in [1.807, 2.05) is 0 Å². The molecular weight excluding hydrogens is 152 g/mol. The van der Waals surface area contributed by atoms with E-state index in [1.165, 1.54) is 0 Å². The van der Waals surface area contributed by atoms with Crippen LogP contribution in [0.15, 0.2) is 0 Å². The Hall–Kier alpha value is -0.120. The van der Waals surface area contributed by atoms with Crippen LogP contribution in [-0.4, -0.2) is 62.3 Å².